The molecule has 20 heavy (non-hydrogen) atoms. The normalized spacial score (nSPS) is 14.9. The first-order valence-corrected chi connectivity index (χ1v) is 6.41. The van der Waals surface area contributed by atoms with E-state index in [0.29, 0.717) is 17.8 Å². The van der Waals surface area contributed by atoms with Crippen LogP contribution in [0.2, 0.25) is 0 Å². The molecule has 0 aromatic carbocycles. The Morgan fingerprint density at radius 1 is 1.40 bits per heavy atom. The molecule has 0 unspecified atom stereocenters. The fraction of sp³-hybridized carbons (Fsp3) is 0.385. The molecule has 2 N–H and O–H groups in total. The van der Waals surface area contributed by atoms with E-state index >= 15 is 0 Å². The summed E-state index contributed by atoms with van der Waals surface area (Å²) >= 11 is 0. The van der Waals surface area contributed by atoms with Crippen molar-refractivity contribution in [2.45, 2.75) is 13.3 Å². The number of hydrogen-bond donors (Lipinski definition) is 2. The molecule has 106 valence electrons. The number of pyridine rings is 1. The van der Waals surface area contributed by atoms with Gasteiger partial charge < -0.3 is 10.2 Å². The molecule has 1 aliphatic rings. The minimum Gasteiger partial charge on any atom is -0.383 e. The van der Waals surface area contributed by atoms with Crippen LogP contribution in [0, 0.1) is 0 Å². The highest BCUT2D eigenvalue weighted by Crippen LogP contribution is 2.16. The van der Waals surface area contributed by atoms with E-state index in [1.807, 2.05) is 6.92 Å². The Bertz CT molecular complexity index is 528. The van der Waals surface area contributed by atoms with Crippen LogP contribution in [-0.4, -0.2) is 47.2 Å². The van der Waals surface area contributed by atoms with Gasteiger partial charge in [0.1, 0.15) is 13.1 Å². The van der Waals surface area contributed by atoms with Crippen LogP contribution in [0.4, 0.5) is 5.69 Å². The van der Waals surface area contributed by atoms with E-state index in [1.165, 1.54) is 11.1 Å². The van der Waals surface area contributed by atoms with Crippen molar-refractivity contribution < 1.29 is 14.4 Å². The molecule has 1 aromatic rings. The predicted octanol–water partition coefficient (Wildman–Crippen LogP) is 0.00210. The van der Waals surface area contributed by atoms with Gasteiger partial charge in [-0.3, -0.25) is 24.7 Å². The summed E-state index contributed by atoms with van der Waals surface area (Å²) in [6.45, 7) is 2.50. The Morgan fingerprint density at radius 2 is 2.10 bits per heavy atom. The van der Waals surface area contributed by atoms with Crippen molar-refractivity contribution in [1.29, 1.82) is 0 Å². The number of carbonyl (C=O) groups excluding carboxylic acids is 3. The first-order chi connectivity index (χ1) is 9.61. The van der Waals surface area contributed by atoms with E-state index in [-0.39, 0.29) is 19.0 Å². The molecule has 0 saturated carbocycles. The predicted molar refractivity (Wildman–Crippen MR) is 72.1 cm³/mol. The Labute approximate surface area is 116 Å². The van der Waals surface area contributed by atoms with Crippen LogP contribution in [0.3, 0.4) is 0 Å². The molecule has 0 radical (unpaired) electrons. The molecular weight excluding hydrogens is 260 g/mol. The summed E-state index contributed by atoms with van der Waals surface area (Å²) in [5.41, 5.74) is 1.02. The molecule has 7 heteroatoms. The third kappa shape index (κ3) is 3.11. The number of amides is 3. The van der Waals surface area contributed by atoms with Crippen molar-refractivity contribution >= 4 is 23.4 Å². The largest absolute Gasteiger partial charge is 0.383 e. The summed E-state index contributed by atoms with van der Waals surface area (Å²) in [7, 11) is 0. The highest BCUT2D eigenvalue weighted by Gasteiger charge is 2.28. The summed E-state index contributed by atoms with van der Waals surface area (Å²) in [5, 5.41) is 5.27. The summed E-state index contributed by atoms with van der Waals surface area (Å²) in [6.07, 6.45) is 3.98. The maximum atomic E-state index is 12.4. The summed E-state index contributed by atoms with van der Waals surface area (Å²) in [6, 6.07) is 1.58. The molecule has 3 amide bonds. The summed E-state index contributed by atoms with van der Waals surface area (Å²) < 4.78 is 0. The van der Waals surface area contributed by atoms with Gasteiger partial charge in [-0.1, -0.05) is 6.92 Å². The zero-order chi connectivity index (χ0) is 14.5. The van der Waals surface area contributed by atoms with Crippen LogP contribution < -0.4 is 10.6 Å². The number of anilines is 1. The lowest BCUT2D eigenvalue weighted by Crippen LogP contribution is -2.53. The van der Waals surface area contributed by atoms with E-state index < -0.39 is 11.8 Å². The lowest BCUT2D eigenvalue weighted by atomic mass is 10.1. The van der Waals surface area contributed by atoms with Gasteiger partial charge in [-0.15, -0.1) is 0 Å². The van der Waals surface area contributed by atoms with Gasteiger partial charge in [0, 0.05) is 12.7 Å². The van der Waals surface area contributed by atoms with Crippen molar-refractivity contribution in [3.8, 4) is 0 Å². The van der Waals surface area contributed by atoms with Gasteiger partial charge in [-0.05, 0) is 12.5 Å². The molecule has 0 spiro atoms. The van der Waals surface area contributed by atoms with Gasteiger partial charge in [-0.25, -0.2) is 0 Å². The quantitative estimate of drug-likeness (QED) is 0.755. The van der Waals surface area contributed by atoms with Crippen molar-refractivity contribution in [2.75, 3.05) is 25.0 Å². The molecule has 1 aliphatic heterocycles. The second-order valence-electron chi connectivity index (χ2n) is 4.48. The smallest absolute Gasteiger partial charge is 0.257 e. The Kier molecular flexibility index (Phi) is 4.29. The number of nitrogens with one attached hydrogen (secondary N) is 2. The van der Waals surface area contributed by atoms with E-state index in [2.05, 4.69) is 15.6 Å². The fourth-order valence-corrected chi connectivity index (χ4v) is 1.93. The van der Waals surface area contributed by atoms with Crippen molar-refractivity contribution in [3.63, 3.8) is 0 Å². The average molecular weight is 276 g/mol. The molecule has 2 rings (SSSR count). The van der Waals surface area contributed by atoms with Gasteiger partial charge in [-0.2, -0.15) is 0 Å². The van der Waals surface area contributed by atoms with Gasteiger partial charge in [0.25, 0.3) is 5.91 Å². The number of hydrogen-bond acceptors (Lipinski definition) is 5. The lowest BCUT2D eigenvalue weighted by molar-refractivity contribution is -0.135. The highest BCUT2D eigenvalue weighted by molar-refractivity contribution is 6.07. The topological polar surface area (TPSA) is 91.4 Å². The molecule has 0 bridgehead atoms. The van der Waals surface area contributed by atoms with Crippen LogP contribution in [0.25, 0.3) is 0 Å². The number of imide groups is 1. The number of carbonyl (C=O) groups is 3. The Hall–Kier alpha value is -2.44. The zero-order valence-electron chi connectivity index (χ0n) is 11.2. The Morgan fingerprint density at radius 3 is 2.75 bits per heavy atom. The van der Waals surface area contributed by atoms with Crippen molar-refractivity contribution in [2.24, 2.45) is 0 Å². The van der Waals surface area contributed by atoms with Crippen LogP contribution in [0.5, 0.6) is 0 Å². The number of aromatic nitrogens is 1. The SMILES string of the molecule is CCCNc1cnccc1C(=O)N1CC(=O)NC(=O)C1. The molecule has 0 aliphatic carbocycles. The molecule has 0 atom stereocenters. The molecule has 7 nitrogen and oxygen atoms in total. The number of rotatable bonds is 4. The first kappa shape index (κ1) is 14.0. The minimum atomic E-state index is -0.466. The van der Waals surface area contributed by atoms with Gasteiger partial charge in [0.15, 0.2) is 0 Å². The summed E-state index contributed by atoms with van der Waals surface area (Å²) in [5.74, 6) is -1.28. The van der Waals surface area contributed by atoms with Crippen LogP contribution in [-0.2, 0) is 9.59 Å². The lowest BCUT2D eigenvalue weighted by Gasteiger charge is -2.26. The molecule has 1 fully saturated rings. The van der Waals surface area contributed by atoms with Crippen LogP contribution in [0.15, 0.2) is 18.5 Å². The average Bonchev–Trinajstić information content (AvgIpc) is 2.43. The van der Waals surface area contributed by atoms with E-state index in [4.69, 9.17) is 0 Å². The van der Waals surface area contributed by atoms with Crippen LogP contribution in [0.1, 0.15) is 23.7 Å². The van der Waals surface area contributed by atoms with Crippen molar-refractivity contribution in [1.82, 2.24) is 15.2 Å². The van der Waals surface area contributed by atoms with Gasteiger partial charge in [0.2, 0.25) is 11.8 Å². The maximum absolute atomic E-state index is 12.4. The van der Waals surface area contributed by atoms with E-state index in [1.54, 1.807) is 12.3 Å². The monoisotopic (exact) mass is 276 g/mol. The second kappa shape index (κ2) is 6.14. The molecular formula is C13H16N4O3. The first-order valence-electron chi connectivity index (χ1n) is 6.41. The third-order valence-electron chi connectivity index (χ3n) is 2.85. The van der Waals surface area contributed by atoms with Gasteiger partial charge >= 0.3 is 0 Å². The fourth-order valence-electron chi connectivity index (χ4n) is 1.93. The maximum Gasteiger partial charge on any atom is 0.257 e. The Balaban J connectivity index is 2.20. The third-order valence-corrected chi connectivity index (χ3v) is 2.85. The highest BCUT2D eigenvalue weighted by atomic mass is 16.2. The van der Waals surface area contributed by atoms with E-state index in [0.717, 1.165) is 6.42 Å². The van der Waals surface area contributed by atoms with Gasteiger partial charge in [0.05, 0.1) is 17.4 Å². The summed E-state index contributed by atoms with van der Waals surface area (Å²) in [4.78, 5) is 40.3. The molecule has 1 aromatic heterocycles. The van der Waals surface area contributed by atoms with E-state index in [9.17, 15) is 14.4 Å². The standard InChI is InChI=1S/C13H16N4O3/c1-2-4-15-10-6-14-5-3-9(10)13(20)17-7-11(18)16-12(19)8-17/h3,5-6,15H,2,4,7-8H2,1H3,(H,16,18,19). The minimum absolute atomic E-state index is 0.111. The number of piperazine rings is 1. The molecule has 2 heterocycles. The zero-order valence-corrected chi connectivity index (χ0v) is 11.2. The van der Waals surface area contributed by atoms with Crippen LogP contribution >= 0.6 is 0 Å². The number of nitrogens with zero attached hydrogens (tertiary/aromatic N) is 2. The van der Waals surface area contributed by atoms with Crippen molar-refractivity contribution in [3.05, 3.63) is 24.0 Å². The second-order valence-corrected chi connectivity index (χ2v) is 4.48. The molecule has 1 saturated heterocycles.